The Kier molecular flexibility index (Phi) is 4.53. The van der Waals surface area contributed by atoms with E-state index in [2.05, 4.69) is 20.3 Å². The van der Waals surface area contributed by atoms with Crippen LogP contribution in [-0.2, 0) is 0 Å². The normalized spacial score (nSPS) is 11.9. The summed E-state index contributed by atoms with van der Waals surface area (Å²) in [5, 5.41) is 4.04. The van der Waals surface area contributed by atoms with Crippen LogP contribution in [-0.4, -0.2) is 27.8 Å². The molecule has 0 aliphatic heterocycles. The number of Topliss-reactive ketones (excluding diaryl/α,β-unsaturated/α-hetero) is 1. The molecular formula is C21H18N4O2. The zero-order chi connectivity index (χ0) is 18.6. The van der Waals surface area contributed by atoms with Crippen molar-refractivity contribution in [2.45, 2.75) is 6.04 Å². The molecule has 0 bridgehead atoms. The number of methoxy groups -OCH3 is 1. The van der Waals surface area contributed by atoms with Gasteiger partial charge in [0.1, 0.15) is 6.04 Å². The van der Waals surface area contributed by atoms with Crippen LogP contribution in [0.3, 0.4) is 0 Å². The van der Waals surface area contributed by atoms with Gasteiger partial charge in [-0.15, -0.1) is 0 Å². The van der Waals surface area contributed by atoms with Gasteiger partial charge in [-0.25, -0.2) is 4.98 Å². The zero-order valence-corrected chi connectivity index (χ0v) is 14.7. The van der Waals surface area contributed by atoms with Crippen molar-refractivity contribution >= 4 is 22.6 Å². The summed E-state index contributed by atoms with van der Waals surface area (Å²) >= 11 is 0. The quantitative estimate of drug-likeness (QED) is 0.509. The third-order valence-corrected chi connectivity index (χ3v) is 4.36. The van der Waals surface area contributed by atoms with Gasteiger partial charge in [0, 0.05) is 34.9 Å². The maximum absolute atomic E-state index is 13.4. The highest BCUT2D eigenvalue weighted by Crippen LogP contribution is 2.27. The van der Waals surface area contributed by atoms with Crippen LogP contribution in [0.15, 0.2) is 73.1 Å². The van der Waals surface area contributed by atoms with Crippen LogP contribution >= 0.6 is 0 Å². The van der Waals surface area contributed by atoms with Crippen molar-refractivity contribution in [3.63, 3.8) is 0 Å². The maximum Gasteiger partial charge on any atom is 0.226 e. The molecule has 2 aromatic carbocycles. The van der Waals surface area contributed by atoms with Gasteiger partial charge in [-0.05, 0) is 11.6 Å². The molecule has 2 N–H and O–H groups in total. The molecule has 27 heavy (non-hydrogen) atoms. The van der Waals surface area contributed by atoms with E-state index < -0.39 is 6.04 Å². The molecule has 0 fully saturated rings. The van der Waals surface area contributed by atoms with Crippen LogP contribution < -0.4 is 10.1 Å². The molecule has 1 unspecified atom stereocenters. The fourth-order valence-corrected chi connectivity index (χ4v) is 3.03. The van der Waals surface area contributed by atoms with Crippen LogP contribution in [0.4, 0.5) is 5.95 Å². The molecule has 134 valence electrons. The van der Waals surface area contributed by atoms with Crippen LogP contribution in [0.1, 0.15) is 22.0 Å². The first kappa shape index (κ1) is 16.8. The molecule has 2 heterocycles. The molecule has 4 aromatic rings. The second-order valence-corrected chi connectivity index (χ2v) is 6.02. The lowest BCUT2D eigenvalue weighted by atomic mass is 9.97. The summed E-state index contributed by atoms with van der Waals surface area (Å²) in [7, 11) is 1.54. The van der Waals surface area contributed by atoms with Crippen LogP contribution in [0, 0.1) is 0 Å². The lowest BCUT2D eigenvalue weighted by molar-refractivity contribution is 0.0971. The Morgan fingerprint density at radius 1 is 1.07 bits per heavy atom. The highest BCUT2D eigenvalue weighted by molar-refractivity contribution is 6.11. The molecule has 4 rings (SSSR count). The number of aromatic amines is 1. The number of hydrogen-bond acceptors (Lipinski definition) is 5. The van der Waals surface area contributed by atoms with Gasteiger partial charge < -0.3 is 15.0 Å². The molecule has 0 amide bonds. The van der Waals surface area contributed by atoms with Crippen molar-refractivity contribution in [3.8, 4) is 5.88 Å². The average Bonchev–Trinajstić information content (AvgIpc) is 3.16. The number of carbonyl (C=O) groups excluding carboxylic acids is 1. The first-order valence-corrected chi connectivity index (χ1v) is 8.55. The topological polar surface area (TPSA) is 79.9 Å². The number of nitrogens with zero attached hydrogens (tertiary/aromatic N) is 2. The van der Waals surface area contributed by atoms with Crippen molar-refractivity contribution in [2.75, 3.05) is 12.4 Å². The van der Waals surface area contributed by atoms with E-state index in [0.29, 0.717) is 17.4 Å². The second kappa shape index (κ2) is 7.29. The number of ether oxygens (including phenoxy) is 1. The minimum absolute atomic E-state index is 0.0648. The van der Waals surface area contributed by atoms with Gasteiger partial charge in [0.25, 0.3) is 0 Å². The number of para-hydroxylation sites is 1. The van der Waals surface area contributed by atoms with Gasteiger partial charge in [0.2, 0.25) is 11.8 Å². The molecule has 0 aliphatic rings. The molecule has 1 atom stereocenters. The number of H-pyrrole nitrogens is 1. The minimum Gasteiger partial charge on any atom is -0.481 e. The van der Waals surface area contributed by atoms with E-state index in [-0.39, 0.29) is 5.78 Å². The summed E-state index contributed by atoms with van der Waals surface area (Å²) in [6.45, 7) is 0. The van der Waals surface area contributed by atoms with E-state index in [1.807, 2.05) is 54.6 Å². The Morgan fingerprint density at radius 2 is 1.85 bits per heavy atom. The lowest BCUT2D eigenvalue weighted by Crippen LogP contribution is -2.22. The summed E-state index contributed by atoms with van der Waals surface area (Å²) in [5.74, 6) is 0.695. The summed E-state index contributed by atoms with van der Waals surface area (Å²) in [6.07, 6.45) is 3.34. The maximum atomic E-state index is 13.4. The van der Waals surface area contributed by atoms with E-state index in [0.717, 1.165) is 16.5 Å². The summed E-state index contributed by atoms with van der Waals surface area (Å²) in [4.78, 5) is 25.1. The SMILES string of the molecule is COc1ccnc(NC(C(=O)c2c[nH]c3ccccc23)c2ccccc2)n1. The van der Waals surface area contributed by atoms with E-state index in [1.165, 1.54) is 7.11 Å². The summed E-state index contributed by atoms with van der Waals surface area (Å²) in [5.41, 5.74) is 2.37. The second-order valence-electron chi connectivity index (χ2n) is 6.02. The molecule has 0 spiro atoms. The van der Waals surface area contributed by atoms with Crippen LogP contribution in [0.5, 0.6) is 5.88 Å². The Hall–Kier alpha value is -3.67. The average molecular weight is 358 g/mol. The van der Waals surface area contributed by atoms with Gasteiger partial charge in [0.15, 0.2) is 5.78 Å². The Labute approximate surface area is 156 Å². The number of nitrogens with one attached hydrogen (secondary N) is 2. The summed E-state index contributed by atoms with van der Waals surface area (Å²) in [6, 6.07) is 18.3. The third kappa shape index (κ3) is 3.37. The standard InChI is InChI=1S/C21H18N4O2/c1-27-18-11-12-22-21(24-18)25-19(14-7-3-2-4-8-14)20(26)16-13-23-17-10-6-5-9-15(16)17/h2-13,19,23H,1H3,(H,22,24,25). The van der Waals surface area contributed by atoms with Crippen molar-refractivity contribution in [1.82, 2.24) is 15.0 Å². The van der Waals surface area contributed by atoms with Gasteiger partial charge in [-0.3, -0.25) is 4.79 Å². The van der Waals surface area contributed by atoms with E-state index in [9.17, 15) is 4.79 Å². The molecule has 0 radical (unpaired) electrons. The van der Waals surface area contributed by atoms with Gasteiger partial charge in [-0.2, -0.15) is 4.98 Å². The molecule has 6 heteroatoms. The Bertz CT molecular complexity index is 1080. The smallest absolute Gasteiger partial charge is 0.226 e. The van der Waals surface area contributed by atoms with Crippen molar-refractivity contribution in [1.29, 1.82) is 0 Å². The number of fused-ring (bicyclic) bond motifs is 1. The fraction of sp³-hybridized carbons (Fsp3) is 0.0952. The summed E-state index contributed by atoms with van der Waals surface area (Å²) < 4.78 is 5.15. The molecule has 2 aromatic heterocycles. The van der Waals surface area contributed by atoms with E-state index in [4.69, 9.17) is 4.74 Å². The minimum atomic E-state index is -0.627. The Morgan fingerprint density at radius 3 is 2.67 bits per heavy atom. The predicted molar refractivity (Wildman–Crippen MR) is 104 cm³/mol. The fourth-order valence-electron chi connectivity index (χ4n) is 3.03. The number of benzene rings is 2. The number of ketones is 1. The van der Waals surface area contributed by atoms with Crippen molar-refractivity contribution < 1.29 is 9.53 Å². The highest BCUT2D eigenvalue weighted by Gasteiger charge is 2.25. The molecule has 0 saturated heterocycles. The van der Waals surface area contributed by atoms with Crippen LogP contribution in [0.25, 0.3) is 10.9 Å². The molecular weight excluding hydrogens is 340 g/mol. The van der Waals surface area contributed by atoms with Crippen molar-refractivity contribution in [2.24, 2.45) is 0 Å². The third-order valence-electron chi connectivity index (χ3n) is 4.36. The van der Waals surface area contributed by atoms with Gasteiger partial charge in [-0.1, -0.05) is 48.5 Å². The molecule has 0 aliphatic carbocycles. The van der Waals surface area contributed by atoms with E-state index in [1.54, 1.807) is 18.5 Å². The number of aromatic nitrogens is 3. The molecule has 6 nitrogen and oxygen atoms in total. The first-order chi connectivity index (χ1) is 13.3. The largest absolute Gasteiger partial charge is 0.481 e. The number of anilines is 1. The highest BCUT2D eigenvalue weighted by atomic mass is 16.5. The van der Waals surface area contributed by atoms with Crippen molar-refractivity contribution in [3.05, 3.63) is 84.2 Å². The monoisotopic (exact) mass is 358 g/mol. The number of hydrogen-bond donors (Lipinski definition) is 2. The molecule has 0 saturated carbocycles. The zero-order valence-electron chi connectivity index (χ0n) is 14.7. The van der Waals surface area contributed by atoms with E-state index >= 15 is 0 Å². The van der Waals surface area contributed by atoms with Gasteiger partial charge in [0.05, 0.1) is 7.11 Å². The Balaban J connectivity index is 1.74. The first-order valence-electron chi connectivity index (χ1n) is 8.55. The number of carbonyl (C=O) groups is 1. The lowest BCUT2D eigenvalue weighted by Gasteiger charge is -2.18. The van der Waals surface area contributed by atoms with Gasteiger partial charge >= 0.3 is 0 Å². The van der Waals surface area contributed by atoms with Crippen LogP contribution in [0.2, 0.25) is 0 Å². The predicted octanol–water partition coefficient (Wildman–Crippen LogP) is 4.00. The number of rotatable bonds is 6.